The second kappa shape index (κ2) is 5.49. The summed E-state index contributed by atoms with van der Waals surface area (Å²) in [5, 5.41) is 9.16. The van der Waals surface area contributed by atoms with Gasteiger partial charge in [0.1, 0.15) is 0 Å². The first kappa shape index (κ1) is 17.8. The molecule has 0 aromatic heterocycles. The lowest BCUT2D eigenvalue weighted by atomic mass is 9.81. The molecule has 0 aliphatic rings. The van der Waals surface area contributed by atoms with Crippen molar-refractivity contribution >= 4 is 0 Å². The Hall–Kier alpha value is -1.28. The van der Waals surface area contributed by atoms with E-state index in [0.29, 0.717) is 12.1 Å². The summed E-state index contributed by atoms with van der Waals surface area (Å²) in [6.45, 7) is 2.42. The maximum absolute atomic E-state index is 12.7. The van der Waals surface area contributed by atoms with E-state index < -0.39 is 41.5 Å². The summed E-state index contributed by atoms with van der Waals surface area (Å²) < 4.78 is 76.3. The van der Waals surface area contributed by atoms with Gasteiger partial charge in [0.05, 0.1) is 11.1 Å². The Morgan fingerprint density at radius 3 is 1.62 bits per heavy atom. The van der Waals surface area contributed by atoms with E-state index >= 15 is 0 Å². The highest BCUT2D eigenvalue weighted by Gasteiger charge is 2.38. The molecule has 8 heteroatoms. The molecule has 1 atom stereocenters. The molecule has 0 bridgehead atoms. The highest BCUT2D eigenvalue weighted by Crippen LogP contribution is 2.39. The Morgan fingerprint density at radius 1 is 0.952 bits per heavy atom. The fraction of sp³-hybridized carbons (Fsp3) is 0.538. The summed E-state index contributed by atoms with van der Waals surface area (Å²) in [6, 6.07) is 0.0301. The Labute approximate surface area is 117 Å². The molecule has 1 aromatic rings. The average Bonchev–Trinajstić information content (AvgIpc) is 2.35. The Balaban J connectivity index is 3.46. The number of hydrogen-bond acceptors (Lipinski definition) is 2. The van der Waals surface area contributed by atoms with Gasteiger partial charge in [-0.2, -0.15) is 26.3 Å². The van der Waals surface area contributed by atoms with Crippen molar-refractivity contribution in [3.63, 3.8) is 0 Å². The normalized spacial score (nSPS) is 15.1. The van der Waals surface area contributed by atoms with Gasteiger partial charge in [0.15, 0.2) is 0 Å². The molecule has 1 aromatic carbocycles. The molecular formula is C13H15F6NO. The number of alkyl halides is 6. The van der Waals surface area contributed by atoms with E-state index in [4.69, 9.17) is 10.8 Å². The second-order valence-corrected chi connectivity index (χ2v) is 5.46. The van der Waals surface area contributed by atoms with Crippen molar-refractivity contribution in [2.45, 2.75) is 32.2 Å². The molecule has 1 rings (SSSR count). The van der Waals surface area contributed by atoms with Gasteiger partial charge in [-0.25, -0.2) is 0 Å². The molecule has 0 aliphatic carbocycles. The molecule has 0 radical (unpaired) electrons. The molecule has 0 saturated heterocycles. The fourth-order valence-corrected chi connectivity index (χ4v) is 1.71. The zero-order valence-electron chi connectivity index (χ0n) is 11.3. The van der Waals surface area contributed by atoms with E-state index in [0.717, 1.165) is 0 Å². The molecule has 0 spiro atoms. The van der Waals surface area contributed by atoms with Gasteiger partial charge >= 0.3 is 12.4 Å². The van der Waals surface area contributed by atoms with Crippen LogP contribution in [0, 0.1) is 5.41 Å². The lowest BCUT2D eigenvalue weighted by Crippen LogP contribution is -2.33. The van der Waals surface area contributed by atoms with E-state index in [1.54, 1.807) is 0 Å². The standard InChI is InChI=1S/C13H15F6NO/c1-11(2,6-21)10(20)7-3-8(12(14,15)16)5-9(4-7)13(17,18)19/h3-5,10,21H,6,20H2,1-2H3/t10-/m1/s1. The predicted octanol–water partition coefficient (Wildman–Crippen LogP) is 3.74. The number of halogens is 6. The Bertz CT molecular complexity index is 474. The number of aliphatic hydroxyl groups excluding tert-OH is 1. The molecule has 0 amide bonds. The Morgan fingerprint density at radius 2 is 1.33 bits per heavy atom. The van der Waals surface area contributed by atoms with Crippen LogP contribution in [0.25, 0.3) is 0 Å². The van der Waals surface area contributed by atoms with Gasteiger partial charge in [-0.05, 0) is 23.8 Å². The van der Waals surface area contributed by atoms with E-state index in [-0.39, 0.29) is 11.6 Å². The third-order valence-corrected chi connectivity index (χ3v) is 3.22. The van der Waals surface area contributed by atoms with Crippen LogP contribution >= 0.6 is 0 Å². The van der Waals surface area contributed by atoms with Crippen molar-refractivity contribution in [1.29, 1.82) is 0 Å². The van der Waals surface area contributed by atoms with E-state index in [2.05, 4.69) is 0 Å². The maximum atomic E-state index is 12.7. The highest BCUT2D eigenvalue weighted by atomic mass is 19.4. The third kappa shape index (κ3) is 4.10. The van der Waals surface area contributed by atoms with Crippen LogP contribution in [0.3, 0.4) is 0 Å². The molecule has 2 nitrogen and oxygen atoms in total. The number of aliphatic hydroxyl groups is 1. The molecule has 120 valence electrons. The van der Waals surface area contributed by atoms with E-state index in [1.807, 2.05) is 0 Å². The van der Waals surface area contributed by atoms with Gasteiger partial charge in [-0.3, -0.25) is 0 Å². The van der Waals surface area contributed by atoms with Crippen LogP contribution in [-0.4, -0.2) is 11.7 Å². The van der Waals surface area contributed by atoms with Crippen LogP contribution in [0.1, 0.15) is 36.6 Å². The van der Waals surface area contributed by atoms with Crippen LogP contribution < -0.4 is 5.73 Å². The van der Waals surface area contributed by atoms with Crippen LogP contribution in [-0.2, 0) is 12.4 Å². The molecule has 0 aliphatic heterocycles. The van der Waals surface area contributed by atoms with Crippen molar-refractivity contribution in [2.75, 3.05) is 6.61 Å². The number of nitrogens with two attached hydrogens (primary N) is 1. The van der Waals surface area contributed by atoms with Crippen molar-refractivity contribution in [2.24, 2.45) is 11.1 Å². The van der Waals surface area contributed by atoms with Gasteiger partial charge in [0.2, 0.25) is 0 Å². The first-order valence-electron chi connectivity index (χ1n) is 5.95. The predicted molar refractivity (Wildman–Crippen MR) is 64.2 cm³/mol. The summed E-state index contributed by atoms with van der Waals surface area (Å²) in [7, 11) is 0. The van der Waals surface area contributed by atoms with Gasteiger partial charge in [-0.15, -0.1) is 0 Å². The van der Waals surface area contributed by atoms with Crippen molar-refractivity contribution < 1.29 is 31.4 Å². The third-order valence-electron chi connectivity index (χ3n) is 3.22. The largest absolute Gasteiger partial charge is 0.416 e. The maximum Gasteiger partial charge on any atom is 0.416 e. The topological polar surface area (TPSA) is 46.2 Å². The second-order valence-electron chi connectivity index (χ2n) is 5.46. The SMILES string of the molecule is CC(C)(CO)[C@H](N)c1cc(C(F)(F)F)cc(C(F)(F)F)c1. The quantitative estimate of drug-likeness (QED) is 0.835. The summed E-state index contributed by atoms with van der Waals surface area (Å²) in [5.41, 5.74) is 1.49. The molecule has 3 N–H and O–H groups in total. The molecule has 0 heterocycles. The average molecular weight is 315 g/mol. The van der Waals surface area contributed by atoms with E-state index in [9.17, 15) is 26.3 Å². The zero-order valence-corrected chi connectivity index (χ0v) is 11.3. The molecule has 21 heavy (non-hydrogen) atoms. The first-order chi connectivity index (χ1) is 9.29. The van der Waals surface area contributed by atoms with Crippen molar-refractivity contribution in [3.8, 4) is 0 Å². The Kier molecular flexibility index (Phi) is 4.65. The fourth-order valence-electron chi connectivity index (χ4n) is 1.71. The summed E-state index contributed by atoms with van der Waals surface area (Å²) in [4.78, 5) is 0. The van der Waals surface area contributed by atoms with Crippen LogP contribution in [0.5, 0.6) is 0 Å². The zero-order chi connectivity index (χ0) is 16.6. The minimum Gasteiger partial charge on any atom is -0.396 e. The highest BCUT2D eigenvalue weighted by molar-refractivity contribution is 5.35. The van der Waals surface area contributed by atoms with E-state index in [1.165, 1.54) is 13.8 Å². The smallest absolute Gasteiger partial charge is 0.396 e. The first-order valence-corrected chi connectivity index (χ1v) is 5.95. The minimum absolute atomic E-state index is 0.0438. The molecular weight excluding hydrogens is 300 g/mol. The van der Waals surface area contributed by atoms with Gasteiger partial charge < -0.3 is 10.8 Å². The molecule has 0 fully saturated rings. The lowest BCUT2D eigenvalue weighted by molar-refractivity contribution is -0.143. The van der Waals surface area contributed by atoms with Crippen LogP contribution in [0.2, 0.25) is 0 Å². The lowest BCUT2D eigenvalue weighted by Gasteiger charge is -2.30. The van der Waals surface area contributed by atoms with Gasteiger partial charge in [0, 0.05) is 18.1 Å². The van der Waals surface area contributed by atoms with Gasteiger partial charge in [0.25, 0.3) is 0 Å². The van der Waals surface area contributed by atoms with Crippen molar-refractivity contribution in [3.05, 3.63) is 34.9 Å². The number of benzene rings is 1. The minimum atomic E-state index is -4.92. The van der Waals surface area contributed by atoms with Crippen LogP contribution in [0.15, 0.2) is 18.2 Å². The van der Waals surface area contributed by atoms with Crippen molar-refractivity contribution in [1.82, 2.24) is 0 Å². The molecule has 0 saturated carbocycles. The number of rotatable bonds is 3. The summed E-state index contributed by atoms with van der Waals surface area (Å²) in [6.07, 6.45) is -9.84. The monoisotopic (exact) mass is 315 g/mol. The number of hydrogen-bond donors (Lipinski definition) is 2. The summed E-state index contributed by atoms with van der Waals surface area (Å²) in [5.74, 6) is 0. The molecule has 0 unspecified atom stereocenters. The van der Waals surface area contributed by atoms with Crippen LogP contribution in [0.4, 0.5) is 26.3 Å². The summed E-state index contributed by atoms with van der Waals surface area (Å²) >= 11 is 0. The van der Waals surface area contributed by atoms with Gasteiger partial charge in [-0.1, -0.05) is 13.8 Å².